The fraction of sp³-hybridized carbons (Fsp3) is 0.353. The number of sulfone groups is 1. The van der Waals surface area contributed by atoms with E-state index in [4.69, 9.17) is 22.1 Å². The number of hydrogen-bond donors (Lipinski definition) is 3. The molecule has 9 nitrogen and oxygen atoms in total. The Balaban J connectivity index is 2.12. The van der Waals surface area contributed by atoms with Crippen LogP contribution < -0.4 is 21.1 Å². The largest absolute Gasteiger partial charge is 0.491 e. The first-order valence-corrected chi connectivity index (χ1v) is 11.7. The van der Waals surface area contributed by atoms with Gasteiger partial charge in [-0.1, -0.05) is 36.8 Å². The summed E-state index contributed by atoms with van der Waals surface area (Å²) in [5, 5.41) is 2.97. The standard InChI is InChI=1S/C17H20ClFN4O5S2/c1-8(2)7-28-11-6-9(19)4-5-10(11)21-15(24)16(25)23-17-22-12(13(18)29-17)14(20)30(3,26)27/h4-6,8,14H,7,20H2,1-3H3,(H,21,24)(H,22,23,25). The number of benzene rings is 1. The predicted molar refractivity (Wildman–Crippen MR) is 113 cm³/mol. The zero-order valence-electron chi connectivity index (χ0n) is 16.2. The van der Waals surface area contributed by atoms with Crippen molar-refractivity contribution in [2.24, 2.45) is 11.7 Å². The molecule has 1 aromatic carbocycles. The van der Waals surface area contributed by atoms with Crippen molar-refractivity contribution in [3.63, 3.8) is 0 Å². The number of nitrogens with two attached hydrogens (primary N) is 1. The van der Waals surface area contributed by atoms with E-state index in [1.165, 1.54) is 6.07 Å². The molecule has 2 aromatic rings. The summed E-state index contributed by atoms with van der Waals surface area (Å²) in [6.07, 6.45) is 0.917. The fourth-order valence-corrected chi connectivity index (χ4v) is 3.88. The van der Waals surface area contributed by atoms with Gasteiger partial charge in [0.2, 0.25) is 0 Å². The van der Waals surface area contributed by atoms with Crippen LogP contribution in [0.5, 0.6) is 5.75 Å². The van der Waals surface area contributed by atoms with Crippen molar-refractivity contribution in [2.75, 3.05) is 23.5 Å². The van der Waals surface area contributed by atoms with Gasteiger partial charge in [-0.2, -0.15) is 0 Å². The monoisotopic (exact) mass is 478 g/mol. The number of anilines is 2. The smallest absolute Gasteiger partial charge is 0.315 e. The van der Waals surface area contributed by atoms with Gasteiger partial charge >= 0.3 is 11.8 Å². The summed E-state index contributed by atoms with van der Waals surface area (Å²) in [6, 6.07) is 3.46. The van der Waals surface area contributed by atoms with Crippen molar-refractivity contribution in [1.29, 1.82) is 0 Å². The van der Waals surface area contributed by atoms with Gasteiger partial charge in [-0.25, -0.2) is 17.8 Å². The van der Waals surface area contributed by atoms with Crippen LogP contribution in [0.4, 0.5) is 15.2 Å². The number of carbonyl (C=O) groups excluding carboxylic acids is 2. The summed E-state index contributed by atoms with van der Waals surface area (Å²) < 4.78 is 42.1. The second kappa shape index (κ2) is 9.69. The zero-order valence-corrected chi connectivity index (χ0v) is 18.6. The van der Waals surface area contributed by atoms with Gasteiger partial charge in [-0.05, 0) is 18.1 Å². The number of rotatable bonds is 7. The second-order valence-corrected chi connectivity index (χ2v) is 10.4. The Bertz CT molecular complexity index is 1060. The number of amides is 2. The van der Waals surface area contributed by atoms with E-state index in [1.54, 1.807) is 0 Å². The van der Waals surface area contributed by atoms with Gasteiger partial charge in [0.1, 0.15) is 21.6 Å². The normalized spacial score (nSPS) is 12.5. The molecule has 2 rings (SSSR count). The van der Waals surface area contributed by atoms with Gasteiger partial charge in [0, 0.05) is 12.3 Å². The third-order valence-corrected chi connectivity index (χ3v) is 5.88. The first kappa shape index (κ1) is 24.0. The van der Waals surface area contributed by atoms with Gasteiger partial charge in [0.25, 0.3) is 0 Å². The molecule has 0 spiro atoms. The van der Waals surface area contributed by atoms with Crippen molar-refractivity contribution in [3.05, 3.63) is 34.0 Å². The maximum atomic E-state index is 13.5. The highest BCUT2D eigenvalue weighted by molar-refractivity contribution is 7.90. The van der Waals surface area contributed by atoms with E-state index in [2.05, 4.69) is 15.6 Å². The van der Waals surface area contributed by atoms with Gasteiger partial charge in [0.05, 0.1) is 12.3 Å². The van der Waals surface area contributed by atoms with Gasteiger partial charge in [0.15, 0.2) is 20.3 Å². The van der Waals surface area contributed by atoms with Crippen LogP contribution in [-0.2, 0) is 19.4 Å². The molecule has 1 heterocycles. The van der Waals surface area contributed by atoms with E-state index >= 15 is 0 Å². The van der Waals surface area contributed by atoms with Crippen molar-refractivity contribution < 1.29 is 27.1 Å². The Labute approximate surface area is 181 Å². The van der Waals surface area contributed by atoms with Gasteiger partial charge in [-0.3, -0.25) is 14.9 Å². The molecule has 0 fully saturated rings. The number of nitrogens with one attached hydrogen (secondary N) is 2. The molecular weight excluding hydrogens is 459 g/mol. The van der Waals surface area contributed by atoms with E-state index in [0.29, 0.717) is 0 Å². The zero-order chi connectivity index (χ0) is 22.6. The summed E-state index contributed by atoms with van der Waals surface area (Å²) in [4.78, 5) is 28.3. The SMILES string of the molecule is CC(C)COc1cc(F)ccc1NC(=O)C(=O)Nc1nc(C(N)S(C)(=O)=O)c(Cl)s1. The van der Waals surface area contributed by atoms with Crippen molar-refractivity contribution in [2.45, 2.75) is 19.2 Å². The molecule has 0 aliphatic carbocycles. The molecule has 13 heteroatoms. The van der Waals surface area contributed by atoms with Crippen LogP contribution in [0, 0.1) is 11.7 Å². The topological polar surface area (TPSA) is 140 Å². The molecule has 1 atom stereocenters. The second-order valence-electron chi connectivity index (χ2n) is 6.68. The van der Waals surface area contributed by atoms with E-state index < -0.39 is 32.8 Å². The highest BCUT2D eigenvalue weighted by Crippen LogP contribution is 2.33. The maximum Gasteiger partial charge on any atom is 0.315 e. The lowest BCUT2D eigenvalue weighted by molar-refractivity contribution is -0.133. The molecule has 0 aliphatic rings. The number of hydrogen-bond acceptors (Lipinski definition) is 8. The summed E-state index contributed by atoms with van der Waals surface area (Å²) in [5.41, 5.74) is 5.56. The lowest BCUT2D eigenvalue weighted by atomic mass is 10.2. The predicted octanol–water partition coefficient (Wildman–Crippen LogP) is 2.55. The van der Waals surface area contributed by atoms with Crippen LogP contribution in [-0.4, -0.2) is 38.1 Å². The van der Waals surface area contributed by atoms with Crippen LogP contribution in [0.1, 0.15) is 24.9 Å². The molecule has 0 saturated carbocycles. The molecule has 0 bridgehead atoms. The van der Waals surface area contributed by atoms with Crippen molar-refractivity contribution in [3.8, 4) is 5.75 Å². The number of halogens is 2. The van der Waals surface area contributed by atoms with Crippen LogP contribution in [0.3, 0.4) is 0 Å². The molecule has 2 amide bonds. The molecule has 30 heavy (non-hydrogen) atoms. The van der Waals surface area contributed by atoms with E-state index in [-0.39, 0.29) is 39.1 Å². The minimum atomic E-state index is -3.67. The van der Waals surface area contributed by atoms with Crippen LogP contribution in [0.25, 0.3) is 0 Å². The first-order valence-electron chi connectivity index (χ1n) is 8.53. The lowest BCUT2D eigenvalue weighted by Gasteiger charge is -2.13. The quantitative estimate of drug-likeness (QED) is 0.519. The van der Waals surface area contributed by atoms with Crippen LogP contribution >= 0.6 is 22.9 Å². The Hall–Kier alpha value is -2.28. The number of nitrogens with zero attached hydrogens (tertiary/aromatic N) is 1. The molecule has 4 N–H and O–H groups in total. The Morgan fingerprint density at radius 1 is 1.30 bits per heavy atom. The highest BCUT2D eigenvalue weighted by Gasteiger charge is 2.26. The Morgan fingerprint density at radius 2 is 1.93 bits per heavy atom. The number of ether oxygens (including phenoxy) is 1. The average molecular weight is 479 g/mol. The molecule has 0 aliphatic heterocycles. The summed E-state index contributed by atoms with van der Waals surface area (Å²) >= 11 is 6.69. The molecule has 0 saturated heterocycles. The van der Waals surface area contributed by atoms with Gasteiger partial charge < -0.3 is 15.8 Å². The van der Waals surface area contributed by atoms with E-state index in [1.807, 2.05) is 13.8 Å². The molecule has 164 valence electrons. The molecule has 0 radical (unpaired) electrons. The Morgan fingerprint density at radius 3 is 2.53 bits per heavy atom. The van der Waals surface area contributed by atoms with Crippen LogP contribution in [0.2, 0.25) is 4.34 Å². The van der Waals surface area contributed by atoms with Gasteiger partial charge in [-0.15, -0.1) is 0 Å². The molecule has 1 unspecified atom stereocenters. The number of thiazole rings is 1. The number of aromatic nitrogens is 1. The average Bonchev–Trinajstić information content (AvgIpc) is 3.00. The number of carbonyl (C=O) groups is 2. The molecular formula is C17H20ClFN4O5S2. The first-order chi connectivity index (χ1) is 13.9. The molecule has 1 aromatic heterocycles. The third-order valence-electron chi connectivity index (χ3n) is 3.53. The Kier molecular flexibility index (Phi) is 7.75. The minimum absolute atomic E-state index is 0.0356. The van der Waals surface area contributed by atoms with Crippen LogP contribution in [0.15, 0.2) is 18.2 Å². The third kappa shape index (κ3) is 6.36. The van der Waals surface area contributed by atoms with Crippen molar-refractivity contribution in [1.82, 2.24) is 4.98 Å². The lowest BCUT2D eigenvalue weighted by Crippen LogP contribution is -2.29. The summed E-state index contributed by atoms with van der Waals surface area (Å²) in [5.74, 6) is -2.51. The van der Waals surface area contributed by atoms with E-state index in [0.717, 1.165) is 29.7 Å². The summed E-state index contributed by atoms with van der Waals surface area (Å²) in [7, 11) is -3.67. The fourth-order valence-electron chi connectivity index (χ4n) is 2.05. The highest BCUT2D eigenvalue weighted by atomic mass is 35.5. The van der Waals surface area contributed by atoms with E-state index in [9.17, 15) is 22.4 Å². The minimum Gasteiger partial charge on any atom is -0.491 e. The summed E-state index contributed by atoms with van der Waals surface area (Å²) in [6.45, 7) is 4.07. The van der Waals surface area contributed by atoms with Crippen molar-refractivity contribution >= 4 is 55.4 Å². The maximum absolute atomic E-state index is 13.5.